The van der Waals surface area contributed by atoms with Crippen LogP contribution in [0.2, 0.25) is 0 Å². The second-order valence-electron chi connectivity index (χ2n) is 9.12. The molecule has 0 fully saturated rings. The van der Waals surface area contributed by atoms with Crippen molar-refractivity contribution in [1.82, 2.24) is 5.32 Å². The van der Waals surface area contributed by atoms with Crippen LogP contribution in [0.15, 0.2) is 68.2 Å². The summed E-state index contributed by atoms with van der Waals surface area (Å²) in [6.45, 7) is 4.13. The fraction of sp³-hybridized carbons (Fsp3) is 0.259. The van der Waals surface area contributed by atoms with Gasteiger partial charge < -0.3 is 33.8 Å². The van der Waals surface area contributed by atoms with Crippen LogP contribution in [0.5, 0.6) is 11.5 Å². The molecule has 0 saturated carbocycles. The maximum absolute atomic E-state index is 12.5. The summed E-state index contributed by atoms with van der Waals surface area (Å²) in [6.07, 6.45) is 0. The number of para-hydroxylation sites is 1. The highest BCUT2D eigenvalue weighted by Crippen LogP contribution is 2.52. The van der Waals surface area contributed by atoms with Gasteiger partial charge in [-0.3, -0.25) is 0 Å². The van der Waals surface area contributed by atoms with Crippen LogP contribution < -0.4 is 30.8 Å². The number of anilines is 2. The maximum Gasteiger partial charge on any atom is 0.519 e. The van der Waals surface area contributed by atoms with Gasteiger partial charge in [0, 0.05) is 42.6 Å². The minimum atomic E-state index is -0.731. The van der Waals surface area contributed by atoms with Gasteiger partial charge >= 0.3 is 11.9 Å². The molecule has 2 N–H and O–H groups in total. The Morgan fingerprint density at radius 3 is 2.69 bits per heavy atom. The molecule has 1 spiro atoms. The van der Waals surface area contributed by atoms with E-state index in [1.165, 1.54) is 0 Å². The Hall–Kier alpha value is -4.40. The van der Waals surface area contributed by atoms with Crippen LogP contribution in [0.4, 0.5) is 16.2 Å². The predicted octanol–water partition coefficient (Wildman–Crippen LogP) is 4.02. The highest BCUT2D eigenvalue weighted by Gasteiger charge is 2.50. The van der Waals surface area contributed by atoms with E-state index in [0.29, 0.717) is 43.2 Å². The Morgan fingerprint density at radius 2 is 1.89 bits per heavy atom. The third-order valence-electron chi connectivity index (χ3n) is 6.99. The van der Waals surface area contributed by atoms with Crippen molar-refractivity contribution in [2.24, 2.45) is 0 Å². The molecule has 3 heterocycles. The fourth-order valence-corrected chi connectivity index (χ4v) is 5.25. The van der Waals surface area contributed by atoms with Gasteiger partial charge in [0.1, 0.15) is 18.1 Å². The number of ether oxygens (including phenoxy) is 2. The summed E-state index contributed by atoms with van der Waals surface area (Å²) in [4.78, 5) is 26.4. The molecule has 9 nitrogen and oxygen atoms in total. The average Bonchev–Trinajstić information content (AvgIpc) is 3.52. The molecule has 36 heavy (non-hydrogen) atoms. The number of methoxy groups -OCH3 is 1. The number of urea groups is 1. The average molecular weight is 488 g/mol. The first kappa shape index (κ1) is 22.1. The van der Waals surface area contributed by atoms with E-state index in [2.05, 4.69) is 27.7 Å². The molecular weight excluding hydrogens is 462 g/mol. The van der Waals surface area contributed by atoms with Gasteiger partial charge in [-0.15, -0.1) is 0 Å². The molecular formula is C27H25N3O6. The Kier molecular flexibility index (Phi) is 5.13. The quantitative estimate of drug-likeness (QED) is 0.438. The zero-order chi connectivity index (χ0) is 24.9. The molecule has 1 atom stereocenters. The highest BCUT2D eigenvalue weighted by atomic mass is 16.6. The Balaban J connectivity index is 1.19. The van der Waals surface area contributed by atoms with Crippen LogP contribution in [-0.2, 0) is 5.41 Å². The van der Waals surface area contributed by atoms with E-state index >= 15 is 0 Å². The molecule has 0 radical (unpaired) electrons. The number of rotatable bonds is 5. The predicted molar refractivity (Wildman–Crippen MR) is 134 cm³/mol. The van der Waals surface area contributed by atoms with Gasteiger partial charge in [0.15, 0.2) is 11.2 Å². The molecule has 4 aromatic rings. The second-order valence-corrected chi connectivity index (χ2v) is 9.12. The van der Waals surface area contributed by atoms with E-state index in [1.54, 1.807) is 13.2 Å². The van der Waals surface area contributed by atoms with Gasteiger partial charge in [-0.25, -0.2) is 9.59 Å². The van der Waals surface area contributed by atoms with Crippen molar-refractivity contribution in [1.29, 1.82) is 0 Å². The number of benzene rings is 3. The SMILES string of the molecule is COc1ccc(NC(=O)NCCN2CC3(COc4cc5oc(=O)oc5cc43)c3ccccc32)c(C)c1. The summed E-state index contributed by atoms with van der Waals surface area (Å²) >= 11 is 0. The molecule has 9 heteroatoms. The molecule has 184 valence electrons. The number of amides is 2. The lowest BCUT2D eigenvalue weighted by molar-refractivity contribution is 0.252. The first-order chi connectivity index (χ1) is 17.5. The number of hydrogen-bond acceptors (Lipinski definition) is 7. The molecule has 0 bridgehead atoms. The molecule has 2 amide bonds. The molecule has 1 aromatic heterocycles. The fourth-order valence-electron chi connectivity index (χ4n) is 5.25. The summed E-state index contributed by atoms with van der Waals surface area (Å²) in [5.41, 5.74) is 5.24. The number of carbonyl (C=O) groups excluding carboxylic acids is 1. The van der Waals surface area contributed by atoms with E-state index in [-0.39, 0.29) is 6.03 Å². The van der Waals surface area contributed by atoms with Gasteiger partial charge in [0.05, 0.1) is 12.5 Å². The smallest absolute Gasteiger partial charge is 0.497 e. The zero-order valence-corrected chi connectivity index (χ0v) is 19.9. The molecule has 1 unspecified atom stereocenters. The summed E-state index contributed by atoms with van der Waals surface area (Å²) < 4.78 is 21.6. The summed E-state index contributed by atoms with van der Waals surface area (Å²) in [7, 11) is 1.61. The monoisotopic (exact) mass is 487 g/mol. The van der Waals surface area contributed by atoms with E-state index in [9.17, 15) is 9.59 Å². The van der Waals surface area contributed by atoms with Crippen LogP contribution >= 0.6 is 0 Å². The molecule has 6 rings (SSSR count). The summed E-state index contributed by atoms with van der Waals surface area (Å²) in [5, 5.41) is 5.85. The lowest BCUT2D eigenvalue weighted by Crippen LogP contribution is -2.40. The van der Waals surface area contributed by atoms with Crippen LogP contribution in [0.25, 0.3) is 11.2 Å². The topological polar surface area (TPSA) is 106 Å². The third-order valence-corrected chi connectivity index (χ3v) is 6.99. The van der Waals surface area contributed by atoms with Gasteiger partial charge in [-0.1, -0.05) is 18.2 Å². The van der Waals surface area contributed by atoms with Crippen LogP contribution in [0, 0.1) is 6.92 Å². The standard InChI is InChI=1S/C27H25N3O6/c1-16-11-17(33-2)7-8-20(16)29-25(31)28-9-10-30-14-27(18-5-3-4-6-21(18)30)15-34-22-13-24-23(12-19(22)27)35-26(32)36-24/h3-8,11-13H,9-10,14-15H2,1-2H3,(H2,28,29,31). The summed E-state index contributed by atoms with van der Waals surface area (Å²) in [5.74, 6) is 0.703. The number of carbonyl (C=O) groups is 1. The molecule has 2 aliphatic heterocycles. The van der Waals surface area contributed by atoms with Crippen molar-refractivity contribution in [3.8, 4) is 11.5 Å². The van der Waals surface area contributed by atoms with Gasteiger partial charge in [-0.05, 0) is 48.4 Å². The molecule has 2 aliphatic rings. The maximum atomic E-state index is 12.5. The van der Waals surface area contributed by atoms with E-state index < -0.39 is 11.2 Å². The molecule has 0 saturated heterocycles. The van der Waals surface area contributed by atoms with E-state index in [4.69, 9.17) is 18.3 Å². The van der Waals surface area contributed by atoms with Crippen molar-refractivity contribution >= 4 is 28.6 Å². The van der Waals surface area contributed by atoms with Gasteiger partial charge in [0.25, 0.3) is 0 Å². The second kappa shape index (κ2) is 8.37. The number of nitrogens with zero attached hydrogens (tertiary/aromatic N) is 1. The van der Waals surface area contributed by atoms with E-state index in [0.717, 1.165) is 33.8 Å². The molecule has 0 aliphatic carbocycles. The van der Waals surface area contributed by atoms with Gasteiger partial charge in [0.2, 0.25) is 0 Å². The minimum Gasteiger partial charge on any atom is -0.497 e. The highest BCUT2D eigenvalue weighted by molar-refractivity contribution is 5.90. The lowest BCUT2D eigenvalue weighted by Gasteiger charge is -2.25. The number of aryl methyl sites for hydroxylation is 1. The van der Waals surface area contributed by atoms with Crippen molar-refractivity contribution in [3.63, 3.8) is 0 Å². The van der Waals surface area contributed by atoms with Crippen molar-refractivity contribution in [2.75, 3.05) is 43.6 Å². The number of nitrogens with one attached hydrogen (secondary N) is 2. The van der Waals surface area contributed by atoms with Crippen LogP contribution in [0.3, 0.4) is 0 Å². The number of fused-ring (bicyclic) bond motifs is 5. The Bertz CT molecular complexity index is 1540. The summed E-state index contributed by atoms with van der Waals surface area (Å²) in [6, 6.07) is 17.0. The van der Waals surface area contributed by atoms with Crippen molar-refractivity contribution < 1.29 is 23.1 Å². The molecule has 3 aromatic carbocycles. The Labute approximate surface area is 206 Å². The third kappa shape index (κ3) is 3.55. The normalized spacial score (nSPS) is 17.7. The zero-order valence-electron chi connectivity index (χ0n) is 19.9. The van der Waals surface area contributed by atoms with Crippen molar-refractivity contribution in [3.05, 3.63) is 81.9 Å². The first-order valence-electron chi connectivity index (χ1n) is 11.7. The van der Waals surface area contributed by atoms with Crippen LogP contribution in [0.1, 0.15) is 16.7 Å². The first-order valence-corrected chi connectivity index (χ1v) is 11.7. The van der Waals surface area contributed by atoms with E-state index in [1.807, 2.05) is 43.3 Å². The van der Waals surface area contributed by atoms with Gasteiger partial charge in [-0.2, -0.15) is 0 Å². The van der Waals surface area contributed by atoms with Crippen LogP contribution in [-0.4, -0.2) is 39.4 Å². The van der Waals surface area contributed by atoms with Crippen molar-refractivity contribution in [2.45, 2.75) is 12.3 Å². The lowest BCUT2D eigenvalue weighted by atomic mass is 9.78. The largest absolute Gasteiger partial charge is 0.519 e. The minimum absolute atomic E-state index is 0.266. The Morgan fingerprint density at radius 1 is 1.08 bits per heavy atom. The number of hydrogen-bond donors (Lipinski definition) is 2.